The second-order valence-electron chi connectivity index (χ2n) is 8.28. The predicted octanol–water partition coefficient (Wildman–Crippen LogP) is 4.30. The van der Waals surface area contributed by atoms with Crippen molar-refractivity contribution < 1.29 is 19.3 Å². The number of methoxy groups -OCH3 is 2. The van der Waals surface area contributed by atoms with Gasteiger partial charge in [0, 0.05) is 17.1 Å². The molecular formula is C25H29N3O4. The molecule has 7 heteroatoms. The van der Waals surface area contributed by atoms with Crippen molar-refractivity contribution in [2.75, 3.05) is 14.2 Å². The molecule has 1 heterocycles. The minimum absolute atomic E-state index is 0.114. The van der Waals surface area contributed by atoms with Crippen molar-refractivity contribution in [3.8, 4) is 17.6 Å². The Bertz CT molecular complexity index is 1100. The van der Waals surface area contributed by atoms with Gasteiger partial charge >= 0.3 is 0 Å². The molecule has 4 rings (SSSR count). The molecule has 168 valence electrons. The number of hydrogen-bond acceptors (Lipinski definition) is 6. The van der Waals surface area contributed by atoms with E-state index in [0.29, 0.717) is 34.7 Å². The average Bonchev–Trinajstić information content (AvgIpc) is 3.47. The summed E-state index contributed by atoms with van der Waals surface area (Å²) in [6, 6.07) is 11.4. The fourth-order valence-corrected chi connectivity index (χ4v) is 4.44. The molecule has 0 spiro atoms. The second kappa shape index (κ2) is 9.60. The van der Waals surface area contributed by atoms with Crippen LogP contribution in [0.3, 0.4) is 0 Å². The number of benzene rings is 2. The first kappa shape index (κ1) is 22.1. The van der Waals surface area contributed by atoms with Crippen LogP contribution in [0.5, 0.6) is 11.5 Å². The van der Waals surface area contributed by atoms with E-state index < -0.39 is 12.2 Å². The Balaban J connectivity index is 1.67. The van der Waals surface area contributed by atoms with Gasteiger partial charge in [0.15, 0.2) is 0 Å². The number of aliphatic hydroxyl groups is 1. The van der Waals surface area contributed by atoms with Gasteiger partial charge in [0.05, 0.1) is 32.4 Å². The molecule has 0 radical (unpaired) electrons. The van der Waals surface area contributed by atoms with Gasteiger partial charge in [-0.3, -0.25) is 4.68 Å². The summed E-state index contributed by atoms with van der Waals surface area (Å²) in [7, 11) is 3.21. The summed E-state index contributed by atoms with van der Waals surface area (Å²) >= 11 is 0. The Morgan fingerprint density at radius 2 is 1.88 bits per heavy atom. The van der Waals surface area contributed by atoms with E-state index in [2.05, 4.69) is 11.2 Å². The minimum Gasteiger partial charge on any atom is -0.496 e. The standard InChI is InChI=1S/C25H29N3O4/c1-16-21(30-2)11-19(12-22(16)31-3)25(29)23(32-20-9-4-5-10-20)15-28-14-18-8-6-7-17(13-26)24(18)27-28/h6-8,11-12,14,20,23,25,29H,4-5,9-10,15H2,1-3H3. The Hall–Kier alpha value is -3.08. The van der Waals surface area contributed by atoms with Gasteiger partial charge in [0.1, 0.15) is 35.3 Å². The highest BCUT2D eigenvalue weighted by molar-refractivity contribution is 5.83. The molecule has 0 bridgehead atoms. The molecule has 1 aromatic heterocycles. The van der Waals surface area contributed by atoms with Crippen LogP contribution < -0.4 is 9.47 Å². The maximum atomic E-state index is 11.4. The molecule has 3 aromatic rings. The van der Waals surface area contributed by atoms with E-state index in [9.17, 15) is 10.4 Å². The molecule has 0 amide bonds. The number of rotatable bonds is 8. The van der Waals surface area contributed by atoms with E-state index in [4.69, 9.17) is 14.2 Å². The summed E-state index contributed by atoms with van der Waals surface area (Å²) in [6.45, 7) is 2.28. The molecule has 32 heavy (non-hydrogen) atoms. The average molecular weight is 436 g/mol. The van der Waals surface area contributed by atoms with E-state index >= 15 is 0 Å². The normalized spacial score (nSPS) is 16.1. The number of fused-ring (bicyclic) bond motifs is 1. The Morgan fingerprint density at radius 3 is 2.50 bits per heavy atom. The van der Waals surface area contributed by atoms with Crippen molar-refractivity contribution >= 4 is 10.9 Å². The van der Waals surface area contributed by atoms with Crippen LogP contribution in [0.15, 0.2) is 36.5 Å². The van der Waals surface area contributed by atoms with Gasteiger partial charge < -0.3 is 19.3 Å². The molecule has 0 aliphatic heterocycles. The van der Waals surface area contributed by atoms with Crippen LogP contribution in [0, 0.1) is 18.3 Å². The van der Waals surface area contributed by atoms with Crippen molar-refractivity contribution in [2.45, 2.75) is 57.5 Å². The van der Waals surface area contributed by atoms with Crippen LogP contribution >= 0.6 is 0 Å². The summed E-state index contributed by atoms with van der Waals surface area (Å²) in [6.07, 6.45) is 4.84. The lowest BCUT2D eigenvalue weighted by molar-refractivity contribution is -0.0845. The van der Waals surface area contributed by atoms with Crippen LogP contribution in [0.25, 0.3) is 10.9 Å². The van der Waals surface area contributed by atoms with Gasteiger partial charge in [-0.1, -0.05) is 25.0 Å². The smallest absolute Gasteiger partial charge is 0.125 e. The predicted molar refractivity (Wildman–Crippen MR) is 121 cm³/mol. The highest BCUT2D eigenvalue weighted by Gasteiger charge is 2.29. The highest BCUT2D eigenvalue weighted by atomic mass is 16.5. The molecule has 2 aromatic carbocycles. The molecule has 7 nitrogen and oxygen atoms in total. The van der Waals surface area contributed by atoms with E-state index in [1.54, 1.807) is 25.0 Å². The lowest BCUT2D eigenvalue weighted by Crippen LogP contribution is -2.31. The molecular weight excluding hydrogens is 406 g/mol. The lowest BCUT2D eigenvalue weighted by Gasteiger charge is -2.27. The van der Waals surface area contributed by atoms with Crippen molar-refractivity contribution in [3.05, 3.63) is 53.2 Å². The molecule has 1 N–H and O–H groups in total. The summed E-state index contributed by atoms with van der Waals surface area (Å²) in [5.74, 6) is 1.31. The van der Waals surface area contributed by atoms with Crippen molar-refractivity contribution in [2.24, 2.45) is 0 Å². The van der Waals surface area contributed by atoms with E-state index in [-0.39, 0.29) is 6.10 Å². The molecule has 1 fully saturated rings. The summed E-state index contributed by atoms with van der Waals surface area (Å²) in [5.41, 5.74) is 2.73. The number of hydrogen-bond donors (Lipinski definition) is 1. The Kier molecular flexibility index (Phi) is 6.63. The number of ether oxygens (including phenoxy) is 3. The van der Waals surface area contributed by atoms with Crippen LogP contribution in [-0.2, 0) is 11.3 Å². The largest absolute Gasteiger partial charge is 0.496 e. The number of aromatic nitrogens is 2. The molecule has 1 aliphatic rings. The van der Waals surface area contributed by atoms with Crippen LogP contribution in [-0.4, -0.2) is 41.3 Å². The Morgan fingerprint density at radius 1 is 1.19 bits per heavy atom. The molecule has 1 aliphatic carbocycles. The first-order valence-corrected chi connectivity index (χ1v) is 11.0. The maximum Gasteiger partial charge on any atom is 0.125 e. The van der Waals surface area contributed by atoms with E-state index in [0.717, 1.165) is 36.6 Å². The molecule has 2 atom stereocenters. The SMILES string of the molecule is COc1cc(C(O)C(Cn2cc3cccc(C#N)c3n2)OC2CCCC2)cc(OC)c1C. The van der Waals surface area contributed by atoms with E-state index in [1.165, 1.54) is 0 Å². The van der Waals surface area contributed by atoms with Crippen molar-refractivity contribution in [1.29, 1.82) is 5.26 Å². The molecule has 2 unspecified atom stereocenters. The summed E-state index contributed by atoms with van der Waals surface area (Å²) in [4.78, 5) is 0. The third-order valence-electron chi connectivity index (χ3n) is 6.21. The zero-order chi connectivity index (χ0) is 22.7. The van der Waals surface area contributed by atoms with Gasteiger partial charge in [-0.15, -0.1) is 0 Å². The van der Waals surface area contributed by atoms with Gasteiger partial charge in [-0.05, 0) is 43.5 Å². The Labute approximate surface area is 188 Å². The van der Waals surface area contributed by atoms with Gasteiger partial charge in [0.25, 0.3) is 0 Å². The summed E-state index contributed by atoms with van der Waals surface area (Å²) < 4.78 is 19.2. The molecule has 1 saturated carbocycles. The summed E-state index contributed by atoms with van der Waals surface area (Å²) in [5, 5.41) is 26.3. The number of nitrogens with zero attached hydrogens (tertiary/aromatic N) is 3. The minimum atomic E-state index is -0.901. The highest BCUT2D eigenvalue weighted by Crippen LogP contribution is 2.35. The van der Waals surface area contributed by atoms with Gasteiger partial charge in [-0.25, -0.2) is 0 Å². The van der Waals surface area contributed by atoms with Crippen LogP contribution in [0.1, 0.15) is 48.5 Å². The maximum absolute atomic E-state index is 11.4. The fourth-order valence-electron chi connectivity index (χ4n) is 4.44. The second-order valence-corrected chi connectivity index (χ2v) is 8.28. The topological polar surface area (TPSA) is 89.5 Å². The van der Waals surface area contributed by atoms with Crippen molar-refractivity contribution in [3.63, 3.8) is 0 Å². The lowest BCUT2D eigenvalue weighted by atomic mass is 10.0. The zero-order valence-corrected chi connectivity index (χ0v) is 18.7. The van der Waals surface area contributed by atoms with Crippen LogP contribution in [0.4, 0.5) is 0 Å². The van der Waals surface area contributed by atoms with Gasteiger partial charge in [0.2, 0.25) is 0 Å². The van der Waals surface area contributed by atoms with E-state index in [1.807, 2.05) is 37.4 Å². The third kappa shape index (κ3) is 4.43. The number of aliphatic hydroxyl groups excluding tert-OH is 1. The van der Waals surface area contributed by atoms with Crippen molar-refractivity contribution in [1.82, 2.24) is 9.78 Å². The first-order valence-electron chi connectivity index (χ1n) is 11.0. The third-order valence-corrected chi connectivity index (χ3v) is 6.21. The fraction of sp³-hybridized carbons (Fsp3) is 0.440. The van der Waals surface area contributed by atoms with Crippen LogP contribution in [0.2, 0.25) is 0 Å². The molecule has 0 saturated heterocycles. The first-order chi connectivity index (χ1) is 15.5. The zero-order valence-electron chi connectivity index (χ0n) is 18.7. The number of nitriles is 1. The van der Waals surface area contributed by atoms with Gasteiger partial charge in [-0.2, -0.15) is 10.4 Å². The monoisotopic (exact) mass is 435 g/mol. The quantitative estimate of drug-likeness (QED) is 0.568.